The smallest absolute Gasteiger partial charge is 0.0494 e. The van der Waals surface area contributed by atoms with Gasteiger partial charge in [0.25, 0.3) is 0 Å². The predicted octanol–water partition coefficient (Wildman–Crippen LogP) is 0.877. The Morgan fingerprint density at radius 3 is 2.36 bits per heavy atom. The van der Waals surface area contributed by atoms with E-state index in [1.54, 1.807) is 0 Å². The first-order valence-corrected chi connectivity index (χ1v) is 4.12. The molecule has 1 aliphatic heterocycles. The van der Waals surface area contributed by atoms with Crippen LogP contribution in [0, 0.1) is 5.41 Å². The highest BCUT2D eigenvalue weighted by molar-refractivity contribution is 4.96. The monoisotopic (exact) mass is 155 g/mol. The number of nitrogens with zero attached hydrogens (tertiary/aromatic N) is 1. The largest absolute Gasteiger partial charge is 0.396 e. The van der Waals surface area contributed by atoms with Crippen LogP contribution < -0.4 is 0 Å². The van der Waals surface area contributed by atoms with Gasteiger partial charge in [-0.2, -0.15) is 0 Å². The molecule has 0 aromatic rings. The van der Waals surface area contributed by atoms with E-state index in [0.717, 1.165) is 19.6 Å². The second-order valence-corrected chi connectivity index (χ2v) is 3.99. The van der Waals surface area contributed by atoms with Gasteiger partial charge < -0.3 is 5.11 Å². The zero-order chi connectivity index (χ0) is 8.32. The first kappa shape index (κ1) is 8.75. The fourth-order valence-corrected chi connectivity index (χ4v) is 1.31. The minimum absolute atomic E-state index is 0.0476. The van der Waals surface area contributed by atoms with E-state index < -0.39 is 0 Å². The molecule has 1 aliphatic rings. The van der Waals surface area contributed by atoms with Gasteiger partial charge in [0, 0.05) is 31.7 Å². The number of rotatable bonds is 3. The lowest BCUT2D eigenvalue weighted by Gasteiger charge is -2.27. The summed E-state index contributed by atoms with van der Waals surface area (Å²) >= 11 is 0. The van der Waals surface area contributed by atoms with Crippen LogP contribution >= 0.6 is 0 Å². The Kier molecular flexibility index (Phi) is 2.68. The lowest BCUT2D eigenvalue weighted by Crippen LogP contribution is -2.34. The van der Waals surface area contributed by atoms with E-state index in [1.165, 1.54) is 0 Å². The third-order valence-corrected chi connectivity index (χ3v) is 1.97. The molecule has 0 unspecified atom stereocenters. The summed E-state index contributed by atoms with van der Waals surface area (Å²) in [6, 6.07) is 0. The Bertz CT molecular complexity index is 144. The Morgan fingerprint density at radius 2 is 1.91 bits per heavy atom. The van der Waals surface area contributed by atoms with Crippen LogP contribution in [0.4, 0.5) is 0 Å². The second-order valence-electron chi connectivity index (χ2n) is 3.99. The summed E-state index contributed by atoms with van der Waals surface area (Å²) in [5.74, 6) is 0. The Hall–Kier alpha value is -0.340. The molecule has 0 amide bonds. The number of hydrogen-bond donors (Lipinski definition) is 1. The fourth-order valence-electron chi connectivity index (χ4n) is 1.31. The molecule has 1 N–H and O–H groups in total. The number of aliphatic hydroxyl groups excluding tert-OH is 1. The molecule has 1 heterocycles. The van der Waals surface area contributed by atoms with E-state index >= 15 is 0 Å². The molecule has 0 bridgehead atoms. The van der Waals surface area contributed by atoms with Crippen LogP contribution in [0.2, 0.25) is 0 Å². The van der Waals surface area contributed by atoms with Crippen molar-refractivity contribution >= 4 is 0 Å². The minimum atomic E-state index is 0.0476. The van der Waals surface area contributed by atoms with Gasteiger partial charge in [-0.3, -0.25) is 4.90 Å². The lowest BCUT2D eigenvalue weighted by atomic mass is 9.94. The molecule has 0 fully saturated rings. The summed E-state index contributed by atoms with van der Waals surface area (Å²) in [7, 11) is 0. The third-order valence-electron chi connectivity index (χ3n) is 1.97. The van der Waals surface area contributed by atoms with E-state index in [2.05, 4.69) is 30.9 Å². The molecule has 2 heteroatoms. The second kappa shape index (κ2) is 3.37. The third kappa shape index (κ3) is 2.64. The maximum atomic E-state index is 9.01. The van der Waals surface area contributed by atoms with Crippen LogP contribution in [0.5, 0.6) is 0 Å². The summed E-state index contributed by atoms with van der Waals surface area (Å²) < 4.78 is 0. The van der Waals surface area contributed by atoms with Crippen LogP contribution in [0.25, 0.3) is 0 Å². The zero-order valence-electron chi connectivity index (χ0n) is 7.38. The summed E-state index contributed by atoms with van der Waals surface area (Å²) in [5.41, 5.74) is 0.0476. The van der Waals surface area contributed by atoms with Gasteiger partial charge in [0.05, 0.1) is 0 Å². The van der Waals surface area contributed by atoms with Crippen molar-refractivity contribution in [2.45, 2.75) is 13.8 Å². The molecule has 0 radical (unpaired) electrons. The quantitative estimate of drug-likeness (QED) is 0.611. The average Bonchev–Trinajstić information content (AvgIpc) is 2.39. The highest BCUT2D eigenvalue weighted by atomic mass is 16.3. The summed E-state index contributed by atoms with van der Waals surface area (Å²) in [4.78, 5) is 2.33. The van der Waals surface area contributed by atoms with Crippen molar-refractivity contribution in [3.63, 3.8) is 0 Å². The number of hydrogen-bond acceptors (Lipinski definition) is 2. The summed E-state index contributed by atoms with van der Waals surface area (Å²) in [6.45, 7) is 7.52. The van der Waals surface area contributed by atoms with Gasteiger partial charge in [0.15, 0.2) is 0 Å². The highest BCUT2D eigenvalue weighted by Crippen LogP contribution is 2.16. The summed E-state index contributed by atoms with van der Waals surface area (Å²) in [5, 5.41) is 9.01. The summed E-state index contributed by atoms with van der Waals surface area (Å²) in [6.07, 6.45) is 4.35. The molecule has 0 aliphatic carbocycles. The van der Waals surface area contributed by atoms with Crippen molar-refractivity contribution in [1.29, 1.82) is 0 Å². The van der Waals surface area contributed by atoms with Crippen molar-refractivity contribution in [2.24, 2.45) is 5.41 Å². The zero-order valence-corrected chi connectivity index (χ0v) is 7.38. The molecular weight excluding hydrogens is 138 g/mol. The van der Waals surface area contributed by atoms with Gasteiger partial charge >= 0.3 is 0 Å². The Balaban J connectivity index is 2.30. The topological polar surface area (TPSA) is 23.5 Å². The lowest BCUT2D eigenvalue weighted by molar-refractivity contribution is 0.117. The molecule has 2 nitrogen and oxygen atoms in total. The van der Waals surface area contributed by atoms with Crippen molar-refractivity contribution in [3.8, 4) is 0 Å². The minimum Gasteiger partial charge on any atom is -0.396 e. The average molecular weight is 155 g/mol. The molecule has 0 aromatic carbocycles. The normalized spacial score (nSPS) is 19.5. The van der Waals surface area contributed by atoms with Crippen LogP contribution in [0.15, 0.2) is 12.2 Å². The standard InChI is InChI=1S/C9H17NO/c1-9(2,8-11)7-10-5-3-4-6-10/h3-4,11H,5-8H2,1-2H3. The molecule has 1 rings (SSSR count). The van der Waals surface area contributed by atoms with Crippen molar-refractivity contribution in [1.82, 2.24) is 4.90 Å². The molecule has 0 saturated heterocycles. The molecule has 0 atom stereocenters. The molecule has 0 saturated carbocycles. The van der Waals surface area contributed by atoms with Gasteiger partial charge in [-0.05, 0) is 0 Å². The van der Waals surface area contributed by atoms with Crippen molar-refractivity contribution < 1.29 is 5.11 Å². The van der Waals surface area contributed by atoms with E-state index in [9.17, 15) is 0 Å². The molecule has 0 spiro atoms. The van der Waals surface area contributed by atoms with Crippen LogP contribution in [-0.2, 0) is 0 Å². The highest BCUT2D eigenvalue weighted by Gasteiger charge is 2.20. The maximum absolute atomic E-state index is 9.01. The van der Waals surface area contributed by atoms with E-state index in [4.69, 9.17) is 5.11 Å². The Morgan fingerprint density at radius 1 is 1.36 bits per heavy atom. The van der Waals surface area contributed by atoms with Gasteiger partial charge in [-0.1, -0.05) is 26.0 Å². The fraction of sp³-hybridized carbons (Fsp3) is 0.778. The first-order chi connectivity index (χ1) is 5.14. The van der Waals surface area contributed by atoms with Gasteiger partial charge in [-0.25, -0.2) is 0 Å². The van der Waals surface area contributed by atoms with Crippen molar-refractivity contribution in [2.75, 3.05) is 26.2 Å². The Labute approximate surface area is 68.5 Å². The van der Waals surface area contributed by atoms with Crippen LogP contribution in [0.3, 0.4) is 0 Å². The van der Waals surface area contributed by atoms with Crippen LogP contribution in [-0.4, -0.2) is 36.2 Å². The van der Waals surface area contributed by atoms with Gasteiger partial charge in [-0.15, -0.1) is 0 Å². The SMILES string of the molecule is CC(C)(CO)CN1CC=CC1. The van der Waals surface area contributed by atoms with E-state index in [1.807, 2.05) is 0 Å². The molecular formula is C9H17NO. The first-order valence-electron chi connectivity index (χ1n) is 4.12. The van der Waals surface area contributed by atoms with Gasteiger partial charge in [0.1, 0.15) is 0 Å². The van der Waals surface area contributed by atoms with Crippen LogP contribution in [0.1, 0.15) is 13.8 Å². The molecule has 0 aromatic heterocycles. The molecule has 11 heavy (non-hydrogen) atoms. The number of aliphatic hydroxyl groups is 1. The van der Waals surface area contributed by atoms with E-state index in [-0.39, 0.29) is 12.0 Å². The maximum Gasteiger partial charge on any atom is 0.0494 e. The molecule has 64 valence electrons. The van der Waals surface area contributed by atoms with E-state index in [0.29, 0.717) is 0 Å². The van der Waals surface area contributed by atoms with Crippen molar-refractivity contribution in [3.05, 3.63) is 12.2 Å². The van der Waals surface area contributed by atoms with Gasteiger partial charge in [0.2, 0.25) is 0 Å². The predicted molar refractivity (Wildman–Crippen MR) is 46.4 cm³/mol.